The molecule has 1 aliphatic heterocycles. The Morgan fingerprint density at radius 2 is 1.81 bits per heavy atom. The van der Waals surface area contributed by atoms with Crippen LogP contribution in [0, 0.1) is 5.82 Å². The van der Waals surface area contributed by atoms with Gasteiger partial charge in [0.05, 0.1) is 6.61 Å². The highest BCUT2D eigenvalue weighted by Crippen LogP contribution is 2.30. The maximum atomic E-state index is 13.9. The second-order valence-electron chi connectivity index (χ2n) is 8.68. The van der Waals surface area contributed by atoms with Crippen LogP contribution in [0.15, 0.2) is 82.3 Å². The van der Waals surface area contributed by atoms with Crippen LogP contribution in [-0.2, 0) is 22.4 Å². The summed E-state index contributed by atoms with van der Waals surface area (Å²) in [6.07, 6.45) is 1.29. The molecule has 0 spiro atoms. The van der Waals surface area contributed by atoms with E-state index in [2.05, 4.69) is 26.8 Å². The van der Waals surface area contributed by atoms with Gasteiger partial charge in [0.1, 0.15) is 18.2 Å². The molecule has 1 aliphatic rings. The number of amides is 1. The Hall–Kier alpha value is -3.27. The van der Waals surface area contributed by atoms with Gasteiger partial charge < -0.3 is 14.6 Å². The third kappa shape index (κ3) is 6.94. The van der Waals surface area contributed by atoms with Crippen LogP contribution in [0.25, 0.3) is 0 Å². The number of aliphatic imine (C=N–C) groups is 1. The molecule has 0 radical (unpaired) electrons. The van der Waals surface area contributed by atoms with Crippen molar-refractivity contribution in [3.8, 4) is 5.75 Å². The van der Waals surface area contributed by atoms with Crippen LogP contribution in [0.2, 0.25) is 0 Å². The molecule has 7 nitrogen and oxygen atoms in total. The van der Waals surface area contributed by atoms with Crippen LogP contribution in [0.3, 0.4) is 0 Å². The van der Waals surface area contributed by atoms with Gasteiger partial charge in [-0.2, -0.15) is 0 Å². The van der Waals surface area contributed by atoms with E-state index in [4.69, 9.17) is 19.6 Å². The summed E-state index contributed by atoms with van der Waals surface area (Å²) in [5, 5.41) is 8.91. The average Bonchev–Trinajstić information content (AvgIpc) is 3.35. The van der Waals surface area contributed by atoms with Crippen molar-refractivity contribution in [1.82, 2.24) is 10.9 Å². The number of hydrogen-bond donors (Lipinski definition) is 3. The number of hydrazine groups is 1. The molecule has 0 fully saturated rings. The number of carbonyl (C=O) groups excluding carboxylic acids is 1. The predicted molar refractivity (Wildman–Crippen MR) is 143 cm³/mol. The minimum absolute atomic E-state index is 0.0687. The summed E-state index contributed by atoms with van der Waals surface area (Å²) in [5.41, 5.74) is 6.69. The molecule has 1 atom stereocenters. The predicted octanol–water partition coefficient (Wildman–Crippen LogP) is 3.97. The number of aliphatic hydroxyl groups excluding tert-OH is 1. The van der Waals surface area contributed by atoms with Crippen LogP contribution in [0.5, 0.6) is 5.75 Å². The number of halogens is 2. The molecule has 3 N–H and O–H groups in total. The Kier molecular flexibility index (Phi) is 9.27. The SMILES string of the molecule is O=C(NNCCc1ccccc1F)[C@]1(Cc2ccccc2Br)COC(c2ccc(OCCCO)cc2)=N1. The fourth-order valence-electron chi connectivity index (χ4n) is 3.94. The summed E-state index contributed by atoms with van der Waals surface area (Å²) in [6.45, 7) is 0.918. The van der Waals surface area contributed by atoms with E-state index in [-0.39, 0.29) is 24.9 Å². The lowest BCUT2D eigenvalue weighted by Gasteiger charge is -2.24. The number of nitrogens with one attached hydrogen (secondary N) is 2. The molecule has 0 aromatic heterocycles. The lowest BCUT2D eigenvalue weighted by molar-refractivity contribution is -0.127. The highest BCUT2D eigenvalue weighted by Gasteiger charge is 2.45. The van der Waals surface area contributed by atoms with Gasteiger partial charge in [-0.25, -0.2) is 14.8 Å². The number of rotatable bonds is 12. The number of nitrogens with zero attached hydrogens (tertiary/aromatic N) is 1. The Morgan fingerprint density at radius 3 is 2.54 bits per heavy atom. The van der Waals surface area contributed by atoms with Gasteiger partial charge in [-0.15, -0.1) is 0 Å². The van der Waals surface area contributed by atoms with Gasteiger partial charge >= 0.3 is 0 Å². The monoisotopic (exact) mass is 569 g/mol. The first-order valence-corrected chi connectivity index (χ1v) is 12.9. The van der Waals surface area contributed by atoms with Crippen molar-refractivity contribution in [3.63, 3.8) is 0 Å². The Labute approximate surface area is 223 Å². The molecular weight excluding hydrogens is 541 g/mol. The van der Waals surface area contributed by atoms with E-state index in [0.29, 0.717) is 49.6 Å². The second-order valence-corrected chi connectivity index (χ2v) is 9.53. The van der Waals surface area contributed by atoms with Crippen LogP contribution in [0.4, 0.5) is 4.39 Å². The summed E-state index contributed by atoms with van der Waals surface area (Å²) in [6, 6.07) is 21.5. The smallest absolute Gasteiger partial charge is 0.266 e. The summed E-state index contributed by atoms with van der Waals surface area (Å²) >= 11 is 3.57. The molecule has 0 unspecified atom stereocenters. The van der Waals surface area contributed by atoms with E-state index >= 15 is 0 Å². The van der Waals surface area contributed by atoms with Gasteiger partial charge in [-0.3, -0.25) is 10.2 Å². The first-order chi connectivity index (χ1) is 18.0. The average molecular weight is 570 g/mol. The summed E-state index contributed by atoms with van der Waals surface area (Å²) in [5.74, 6) is 0.433. The topological polar surface area (TPSA) is 92.2 Å². The fourth-order valence-corrected chi connectivity index (χ4v) is 4.37. The highest BCUT2D eigenvalue weighted by molar-refractivity contribution is 9.10. The third-order valence-electron chi connectivity index (χ3n) is 5.98. The number of aliphatic hydroxyl groups is 1. The van der Waals surface area contributed by atoms with Crippen LogP contribution in [-0.4, -0.2) is 48.8 Å². The largest absolute Gasteiger partial charge is 0.494 e. The van der Waals surface area contributed by atoms with Crippen molar-refractivity contribution in [2.75, 3.05) is 26.4 Å². The van der Waals surface area contributed by atoms with Gasteiger partial charge in [-0.1, -0.05) is 52.3 Å². The quantitative estimate of drug-likeness (QED) is 0.227. The second kappa shape index (κ2) is 12.8. The maximum absolute atomic E-state index is 13.9. The van der Waals surface area contributed by atoms with E-state index in [9.17, 15) is 9.18 Å². The van der Waals surface area contributed by atoms with Crippen LogP contribution < -0.4 is 15.6 Å². The van der Waals surface area contributed by atoms with E-state index in [1.54, 1.807) is 30.3 Å². The van der Waals surface area contributed by atoms with Gasteiger partial charge in [0.2, 0.25) is 5.90 Å². The lowest BCUT2D eigenvalue weighted by Crippen LogP contribution is -2.53. The Bertz CT molecular complexity index is 1240. The van der Waals surface area contributed by atoms with E-state index in [1.165, 1.54) is 6.07 Å². The van der Waals surface area contributed by atoms with E-state index in [0.717, 1.165) is 15.6 Å². The minimum atomic E-state index is -1.19. The number of carbonyl (C=O) groups is 1. The van der Waals surface area contributed by atoms with Crippen molar-refractivity contribution < 1.29 is 23.8 Å². The molecule has 9 heteroatoms. The number of hydrogen-bond acceptors (Lipinski definition) is 6. The summed E-state index contributed by atoms with van der Waals surface area (Å²) in [7, 11) is 0. The molecule has 4 rings (SSSR count). The molecule has 0 bridgehead atoms. The molecule has 3 aromatic rings. The molecule has 1 amide bonds. The first kappa shape index (κ1) is 26.8. The first-order valence-electron chi connectivity index (χ1n) is 12.1. The van der Waals surface area contributed by atoms with Crippen LogP contribution in [0.1, 0.15) is 23.1 Å². The summed E-state index contributed by atoms with van der Waals surface area (Å²) in [4.78, 5) is 18.2. The molecular formula is C28H29BrFN3O4. The molecule has 0 saturated carbocycles. The normalized spacial score (nSPS) is 16.7. The van der Waals surface area contributed by atoms with Gasteiger partial charge in [0.15, 0.2) is 5.54 Å². The van der Waals surface area contributed by atoms with Gasteiger partial charge in [-0.05, 0) is 53.9 Å². The zero-order valence-electron chi connectivity index (χ0n) is 20.3. The molecule has 3 aromatic carbocycles. The van der Waals surface area contributed by atoms with Gasteiger partial charge in [0.25, 0.3) is 5.91 Å². The van der Waals surface area contributed by atoms with E-state index < -0.39 is 5.54 Å². The maximum Gasteiger partial charge on any atom is 0.266 e. The summed E-state index contributed by atoms with van der Waals surface area (Å²) < 4.78 is 26.3. The molecule has 0 aliphatic carbocycles. The van der Waals surface area contributed by atoms with Crippen molar-refractivity contribution in [1.29, 1.82) is 0 Å². The van der Waals surface area contributed by atoms with Crippen molar-refractivity contribution in [3.05, 3.63) is 99.8 Å². The molecule has 1 heterocycles. The van der Waals surface area contributed by atoms with Crippen molar-refractivity contribution in [2.24, 2.45) is 4.99 Å². The fraction of sp³-hybridized carbons (Fsp3) is 0.286. The number of ether oxygens (including phenoxy) is 2. The van der Waals surface area contributed by atoms with E-state index in [1.807, 2.05) is 36.4 Å². The highest BCUT2D eigenvalue weighted by atomic mass is 79.9. The Morgan fingerprint density at radius 1 is 1.08 bits per heavy atom. The lowest BCUT2D eigenvalue weighted by atomic mass is 9.91. The minimum Gasteiger partial charge on any atom is -0.494 e. The van der Waals surface area contributed by atoms with Crippen molar-refractivity contribution in [2.45, 2.75) is 24.8 Å². The van der Waals surface area contributed by atoms with Gasteiger partial charge in [0, 0.05) is 36.0 Å². The molecule has 0 saturated heterocycles. The molecule has 194 valence electrons. The third-order valence-corrected chi connectivity index (χ3v) is 6.75. The molecule has 37 heavy (non-hydrogen) atoms. The standard InChI is InChI=1S/C28H29BrFN3O4/c29-24-8-3-1-7-22(24)18-28(27(35)33-31-15-14-20-6-2-4-9-25(20)30)19-37-26(32-28)21-10-12-23(13-11-21)36-17-5-16-34/h1-4,6-13,31,34H,5,14-19H2,(H,33,35)/t28-/m0/s1. The zero-order chi connectivity index (χ0) is 26.1. The van der Waals surface area contributed by atoms with Crippen molar-refractivity contribution >= 4 is 27.7 Å². The number of benzene rings is 3. The Balaban J connectivity index is 1.48. The zero-order valence-corrected chi connectivity index (χ0v) is 21.8. The van der Waals surface area contributed by atoms with Crippen LogP contribution >= 0.6 is 15.9 Å².